The molecule has 6 heteroatoms. The number of carbonyl (C=O) groups excluding carboxylic acids is 1. The minimum Gasteiger partial charge on any atom is -0.305 e. The Morgan fingerprint density at radius 2 is 1.74 bits per heavy atom. The van der Waals surface area contributed by atoms with Gasteiger partial charge in [-0.25, -0.2) is 9.97 Å². The van der Waals surface area contributed by atoms with Crippen molar-refractivity contribution in [2.24, 2.45) is 0 Å². The van der Waals surface area contributed by atoms with E-state index in [1.165, 1.54) is 6.33 Å². The minimum atomic E-state index is -0.288. The van der Waals surface area contributed by atoms with Crippen molar-refractivity contribution in [3.05, 3.63) is 51.4 Å². The van der Waals surface area contributed by atoms with Gasteiger partial charge >= 0.3 is 0 Å². The molecule has 0 aliphatic carbocycles. The van der Waals surface area contributed by atoms with Gasteiger partial charge in [0.1, 0.15) is 11.3 Å². The number of halogens is 2. The van der Waals surface area contributed by atoms with E-state index in [2.05, 4.69) is 15.3 Å². The number of anilines is 1. The van der Waals surface area contributed by atoms with Crippen LogP contribution in [0, 0.1) is 13.8 Å². The molecule has 2 rings (SSSR count). The Hall–Kier alpha value is -1.65. The number of hydrogen-bond donors (Lipinski definition) is 1. The zero-order valence-corrected chi connectivity index (χ0v) is 11.9. The molecule has 1 amide bonds. The van der Waals surface area contributed by atoms with Crippen LogP contribution in [0.4, 0.5) is 5.82 Å². The molecular formula is C13H11Cl2N3O. The molecule has 2 aromatic rings. The van der Waals surface area contributed by atoms with E-state index in [9.17, 15) is 4.79 Å². The molecule has 0 aliphatic heterocycles. The summed E-state index contributed by atoms with van der Waals surface area (Å²) in [5, 5.41) is 2.85. The van der Waals surface area contributed by atoms with Crippen molar-refractivity contribution in [2.45, 2.75) is 13.8 Å². The number of aromatic nitrogens is 2. The van der Waals surface area contributed by atoms with Crippen LogP contribution < -0.4 is 5.32 Å². The summed E-state index contributed by atoms with van der Waals surface area (Å²) < 4.78 is 0. The van der Waals surface area contributed by atoms with Gasteiger partial charge in [0, 0.05) is 5.56 Å². The Bertz CT molecular complexity index is 624. The zero-order valence-electron chi connectivity index (χ0n) is 10.4. The van der Waals surface area contributed by atoms with E-state index in [4.69, 9.17) is 23.2 Å². The van der Waals surface area contributed by atoms with Crippen LogP contribution in [0.25, 0.3) is 0 Å². The van der Waals surface area contributed by atoms with Gasteiger partial charge in [-0.2, -0.15) is 0 Å². The monoisotopic (exact) mass is 295 g/mol. The summed E-state index contributed by atoms with van der Waals surface area (Å²) in [6.07, 6.45) is 1.24. The van der Waals surface area contributed by atoms with Gasteiger partial charge in [0.15, 0.2) is 11.0 Å². The molecule has 0 radical (unpaired) electrons. The molecule has 1 N–H and O–H groups in total. The first-order chi connectivity index (χ1) is 8.97. The maximum atomic E-state index is 12.1. The average molecular weight is 296 g/mol. The fourth-order valence-electron chi connectivity index (χ4n) is 1.72. The van der Waals surface area contributed by atoms with E-state index in [1.54, 1.807) is 12.1 Å². The Morgan fingerprint density at radius 3 is 2.37 bits per heavy atom. The van der Waals surface area contributed by atoms with Gasteiger partial charge in [-0.3, -0.25) is 4.79 Å². The van der Waals surface area contributed by atoms with Crippen molar-refractivity contribution in [3.8, 4) is 0 Å². The SMILES string of the molecule is Cc1cc(C)cc(C(=O)Nc2ncnc(Cl)c2Cl)c1. The van der Waals surface area contributed by atoms with E-state index in [0.29, 0.717) is 5.56 Å². The molecule has 19 heavy (non-hydrogen) atoms. The van der Waals surface area contributed by atoms with Gasteiger partial charge in [0.25, 0.3) is 5.91 Å². The van der Waals surface area contributed by atoms with E-state index in [-0.39, 0.29) is 21.9 Å². The summed E-state index contributed by atoms with van der Waals surface area (Å²) in [7, 11) is 0. The number of aryl methyl sites for hydroxylation is 2. The van der Waals surface area contributed by atoms with Gasteiger partial charge < -0.3 is 5.32 Å². The van der Waals surface area contributed by atoms with Gasteiger partial charge in [-0.15, -0.1) is 0 Å². The maximum Gasteiger partial charge on any atom is 0.256 e. The lowest BCUT2D eigenvalue weighted by molar-refractivity contribution is 0.102. The number of nitrogens with one attached hydrogen (secondary N) is 1. The van der Waals surface area contributed by atoms with E-state index >= 15 is 0 Å². The van der Waals surface area contributed by atoms with Crippen molar-refractivity contribution >= 4 is 34.9 Å². The van der Waals surface area contributed by atoms with Crippen LogP contribution in [0.15, 0.2) is 24.5 Å². The predicted molar refractivity (Wildman–Crippen MR) is 75.9 cm³/mol. The summed E-state index contributed by atoms with van der Waals surface area (Å²) >= 11 is 11.7. The van der Waals surface area contributed by atoms with Gasteiger partial charge in [0.2, 0.25) is 0 Å². The fraction of sp³-hybridized carbons (Fsp3) is 0.154. The molecule has 98 valence electrons. The van der Waals surface area contributed by atoms with Crippen LogP contribution in [0.5, 0.6) is 0 Å². The summed E-state index contributed by atoms with van der Waals surface area (Å²) in [6.45, 7) is 3.86. The van der Waals surface area contributed by atoms with Crippen LogP contribution in [0.2, 0.25) is 10.2 Å². The molecule has 0 bridgehead atoms. The molecule has 0 saturated heterocycles. The van der Waals surface area contributed by atoms with Crippen LogP contribution >= 0.6 is 23.2 Å². The van der Waals surface area contributed by atoms with E-state index in [0.717, 1.165) is 11.1 Å². The second-order valence-electron chi connectivity index (χ2n) is 4.16. The van der Waals surface area contributed by atoms with Crippen LogP contribution in [-0.4, -0.2) is 15.9 Å². The maximum absolute atomic E-state index is 12.1. The third-order valence-corrected chi connectivity index (χ3v) is 3.20. The van der Waals surface area contributed by atoms with Crippen molar-refractivity contribution in [1.82, 2.24) is 9.97 Å². The molecule has 4 nitrogen and oxygen atoms in total. The first-order valence-corrected chi connectivity index (χ1v) is 6.28. The zero-order chi connectivity index (χ0) is 14.0. The van der Waals surface area contributed by atoms with Crippen LogP contribution in [0.3, 0.4) is 0 Å². The van der Waals surface area contributed by atoms with Crippen molar-refractivity contribution in [1.29, 1.82) is 0 Å². The topological polar surface area (TPSA) is 54.9 Å². The molecule has 1 heterocycles. The number of hydrogen-bond acceptors (Lipinski definition) is 3. The number of benzene rings is 1. The Kier molecular flexibility index (Phi) is 4.02. The van der Waals surface area contributed by atoms with Gasteiger partial charge in [-0.1, -0.05) is 40.4 Å². The summed E-state index contributed by atoms with van der Waals surface area (Å²) in [5.74, 6) is -0.0886. The number of rotatable bonds is 2. The molecule has 0 unspecified atom stereocenters. The third-order valence-electron chi connectivity index (χ3n) is 2.46. The summed E-state index contributed by atoms with van der Waals surface area (Å²) in [4.78, 5) is 19.7. The van der Waals surface area contributed by atoms with Crippen LogP contribution in [0.1, 0.15) is 21.5 Å². The van der Waals surface area contributed by atoms with Crippen LogP contribution in [-0.2, 0) is 0 Å². The molecule has 0 aliphatic rings. The second kappa shape index (κ2) is 5.55. The normalized spacial score (nSPS) is 10.3. The number of nitrogens with zero attached hydrogens (tertiary/aromatic N) is 2. The third kappa shape index (κ3) is 3.22. The molecule has 1 aromatic heterocycles. The first kappa shape index (κ1) is 13.8. The highest BCUT2D eigenvalue weighted by atomic mass is 35.5. The molecule has 1 aromatic carbocycles. The molecule has 0 spiro atoms. The lowest BCUT2D eigenvalue weighted by Gasteiger charge is -2.08. The van der Waals surface area contributed by atoms with Crippen molar-refractivity contribution in [2.75, 3.05) is 5.32 Å². The predicted octanol–water partition coefficient (Wildman–Crippen LogP) is 3.65. The Morgan fingerprint density at radius 1 is 1.11 bits per heavy atom. The quantitative estimate of drug-likeness (QED) is 0.861. The Balaban J connectivity index is 2.28. The lowest BCUT2D eigenvalue weighted by atomic mass is 10.1. The van der Waals surface area contributed by atoms with E-state index < -0.39 is 0 Å². The van der Waals surface area contributed by atoms with Crippen molar-refractivity contribution in [3.63, 3.8) is 0 Å². The summed E-state index contributed by atoms with van der Waals surface area (Å²) in [6, 6.07) is 5.57. The highest BCUT2D eigenvalue weighted by Gasteiger charge is 2.12. The largest absolute Gasteiger partial charge is 0.305 e. The minimum absolute atomic E-state index is 0.104. The highest BCUT2D eigenvalue weighted by Crippen LogP contribution is 2.25. The fourth-order valence-corrected chi connectivity index (χ4v) is 2.00. The first-order valence-electron chi connectivity index (χ1n) is 5.53. The second-order valence-corrected chi connectivity index (χ2v) is 4.89. The smallest absolute Gasteiger partial charge is 0.256 e. The van der Waals surface area contributed by atoms with Gasteiger partial charge in [-0.05, 0) is 26.0 Å². The number of carbonyl (C=O) groups is 1. The molecule has 0 atom stereocenters. The lowest BCUT2D eigenvalue weighted by Crippen LogP contribution is -2.14. The molecule has 0 fully saturated rings. The highest BCUT2D eigenvalue weighted by molar-refractivity contribution is 6.43. The van der Waals surface area contributed by atoms with Gasteiger partial charge in [0.05, 0.1) is 0 Å². The Labute approximate surface area is 120 Å². The standard InChI is InChI=1S/C13H11Cl2N3O/c1-7-3-8(2)5-9(4-7)13(19)18-12-10(14)11(15)16-6-17-12/h3-6H,1-2H3,(H,16,17,18,19). The van der Waals surface area contributed by atoms with E-state index in [1.807, 2.05) is 19.9 Å². The molecular weight excluding hydrogens is 285 g/mol. The van der Waals surface area contributed by atoms with Crippen molar-refractivity contribution < 1.29 is 4.79 Å². The molecule has 0 saturated carbocycles. The number of amides is 1. The summed E-state index contributed by atoms with van der Waals surface area (Å²) in [5.41, 5.74) is 2.57. The average Bonchev–Trinajstić information content (AvgIpc) is 2.33.